The third kappa shape index (κ3) is 3.11. The van der Waals surface area contributed by atoms with Gasteiger partial charge in [0.05, 0.1) is 6.10 Å². The van der Waals surface area contributed by atoms with Crippen molar-refractivity contribution in [1.29, 1.82) is 0 Å². The SMILES string of the molecule is CCN(CC)C(C)C(C)C(C)O. The molecule has 0 aromatic rings. The lowest BCUT2D eigenvalue weighted by Crippen LogP contribution is -2.40. The summed E-state index contributed by atoms with van der Waals surface area (Å²) in [4.78, 5) is 2.37. The normalized spacial score (nSPS) is 19.2. The Morgan fingerprint density at radius 3 is 1.75 bits per heavy atom. The zero-order valence-corrected chi connectivity index (χ0v) is 9.04. The maximum absolute atomic E-state index is 9.40. The Morgan fingerprint density at radius 2 is 1.50 bits per heavy atom. The van der Waals surface area contributed by atoms with Crippen molar-refractivity contribution in [3.05, 3.63) is 0 Å². The molecule has 0 saturated carbocycles. The fourth-order valence-corrected chi connectivity index (χ4v) is 1.54. The average Bonchev–Trinajstić information content (AvgIpc) is 2.05. The summed E-state index contributed by atoms with van der Waals surface area (Å²) in [7, 11) is 0. The van der Waals surface area contributed by atoms with Crippen LogP contribution in [-0.4, -0.2) is 35.2 Å². The zero-order valence-electron chi connectivity index (χ0n) is 9.04. The van der Waals surface area contributed by atoms with Gasteiger partial charge in [-0.1, -0.05) is 20.8 Å². The molecule has 0 amide bonds. The first-order chi connectivity index (χ1) is 5.54. The number of hydrogen-bond donors (Lipinski definition) is 1. The number of aliphatic hydroxyl groups excluding tert-OH is 1. The summed E-state index contributed by atoms with van der Waals surface area (Å²) >= 11 is 0. The topological polar surface area (TPSA) is 23.5 Å². The van der Waals surface area contributed by atoms with Crippen molar-refractivity contribution < 1.29 is 5.11 Å². The predicted molar refractivity (Wildman–Crippen MR) is 53.2 cm³/mol. The molecule has 0 radical (unpaired) electrons. The van der Waals surface area contributed by atoms with Gasteiger partial charge in [-0.05, 0) is 32.9 Å². The maximum Gasteiger partial charge on any atom is 0.0552 e. The Morgan fingerprint density at radius 1 is 1.08 bits per heavy atom. The maximum atomic E-state index is 9.40. The lowest BCUT2D eigenvalue weighted by atomic mass is 9.97. The number of nitrogens with zero attached hydrogens (tertiary/aromatic N) is 1. The van der Waals surface area contributed by atoms with E-state index in [1.807, 2.05) is 6.92 Å². The smallest absolute Gasteiger partial charge is 0.0552 e. The Labute approximate surface area is 76.6 Å². The van der Waals surface area contributed by atoms with Crippen molar-refractivity contribution >= 4 is 0 Å². The van der Waals surface area contributed by atoms with E-state index in [4.69, 9.17) is 0 Å². The van der Waals surface area contributed by atoms with Crippen LogP contribution in [0.4, 0.5) is 0 Å². The van der Waals surface area contributed by atoms with Gasteiger partial charge in [-0.25, -0.2) is 0 Å². The summed E-state index contributed by atoms with van der Waals surface area (Å²) in [6.45, 7) is 12.6. The van der Waals surface area contributed by atoms with E-state index in [0.29, 0.717) is 12.0 Å². The van der Waals surface area contributed by atoms with Gasteiger partial charge in [0.15, 0.2) is 0 Å². The summed E-state index contributed by atoms with van der Waals surface area (Å²) in [6, 6.07) is 0.472. The molecule has 0 fully saturated rings. The largest absolute Gasteiger partial charge is 0.393 e. The van der Waals surface area contributed by atoms with Gasteiger partial charge in [0, 0.05) is 6.04 Å². The molecule has 0 aliphatic carbocycles. The summed E-state index contributed by atoms with van der Waals surface area (Å²) in [6.07, 6.45) is -0.208. The molecule has 0 aromatic carbocycles. The molecule has 2 heteroatoms. The quantitative estimate of drug-likeness (QED) is 0.684. The molecule has 1 N–H and O–H groups in total. The highest BCUT2D eigenvalue weighted by Crippen LogP contribution is 2.13. The fraction of sp³-hybridized carbons (Fsp3) is 1.00. The highest BCUT2D eigenvalue weighted by Gasteiger charge is 2.20. The second kappa shape index (κ2) is 5.55. The minimum Gasteiger partial charge on any atom is -0.393 e. The van der Waals surface area contributed by atoms with Crippen LogP contribution in [0.1, 0.15) is 34.6 Å². The Hall–Kier alpha value is -0.0800. The number of rotatable bonds is 5. The standard InChI is InChI=1S/C10H23NO/c1-6-11(7-2)9(4)8(3)10(5)12/h8-10,12H,6-7H2,1-5H3. The van der Waals surface area contributed by atoms with Crippen LogP contribution in [0.5, 0.6) is 0 Å². The molecule has 0 spiro atoms. The van der Waals surface area contributed by atoms with Crippen molar-refractivity contribution in [3.8, 4) is 0 Å². The molecule has 0 saturated heterocycles. The molecule has 74 valence electrons. The molecule has 0 rings (SSSR count). The van der Waals surface area contributed by atoms with E-state index in [9.17, 15) is 5.11 Å². The van der Waals surface area contributed by atoms with Crippen molar-refractivity contribution in [2.24, 2.45) is 5.92 Å². The van der Waals surface area contributed by atoms with Crippen molar-refractivity contribution in [3.63, 3.8) is 0 Å². The van der Waals surface area contributed by atoms with E-state index in [1.165, 1.54) is 0 Å². The number of hydrogen-bond acceptors (Lipinski definition) is 2. The molecule has 0 aliphatic heterocycles. The summed E-state index contributed by atoms with van der Waals surface area (Å²) in [5.41, 5.74) is 0. The molecular weight excluding hydrogens is 150 g/mol. The second-order valence-electron chi connectivity index (χ2n) is 3.56. The molecule has 0 aliphatic rings. The van der Waals surface area contributed by atoms with Crippen LogP contribution in [-0.2, 0) is 0 Å². The van der Waals surface area contributed by atoms with E-state index in [2.05, 4.69) is 32.6 Å². The first-order valence-electron chi connectivity index (χ1n) is 4.96. The van der Waals surface area contributed by atoms with Gasteiger partial charge >= 0.3 is 0 Å². The molecule has 12 heavy (non-hydrogen) atoms. The predicted octanol–water partition coefficient (Wildman–Crippen LogP) is 1.73. The molecule has 3 unspecified atom stereocenters. The lowest BCUT2D eigenvalue weighted by Gasteiger charge is -2.32. The molecule has 0 heterocycles. The van der Waals surface area contributed by atoms with Gasteiger partial charge in [0.25, 0.3) is 0 Å². The molecule has 3 atom stereocenters. The van der Waals surface area contributed by atoms with Crippen LogP contribution in [0.3, 0.4) is 0 Å². The average molecular weight is 173 g/mol. The molecule has 0 aromatic heterocycles. The van der Waals surface area contributed by atoms with Crippen LogP contribution in [0, 0.1) is 5.92 Å². The summed E-state index contributed by atoms with van der Waals surface area (Å²) < 4.78 is 0. The molecule has 2 nitrogen and oxygen atoms in total. The zero-order chi connectivity index (χ0) is 9.72. The third-order valence-corrected chi connectivity index (χ3v) is 2.91. The highest BCUT2D eigenvalue weighted by molar-refractivity contribution is 4.74. The van der Waals surface area contributed by atoms with E-state index >= 15 is 0 Å². The van der Waals surface area contributed by atoms with E-state index < -0.39 is 0 Å². The van der Waals surface area contributed by atoms with Gasteiger partial charge in [0.1, 0.15) is 0 Å². The monoisotopic (exact) mass is 173 g/mol. The Balaban J connectivity index is 4.05. The van der Waals surface area contributed by atoms with Crippen LogP contribution < -0.4 is 0 Å². The Kier molecular flexibility index (Phi) is 5.51. The molecular formula is C10H23NO. The van der Waals surface area contributed by atoms with Gasteiger partial charge in [-0.15, -0.1) is 0 Å². The van der Waals surface area contributed by atoms with Gasteiger partial charge in [-0.3, -0.25) is 0 Å². The fourth-order valence-electron chi connectivity index (χ4n) is 1.54. The van der Waals surface area contributed by atoms with Crippen molar-refractivity contribution in [1.82, 2.24) is 4.90 Å². The van der Waals surface area contributed by atoms with Gasteiger partial charge in [-0.2, -0.15) is 0 Å². The third-order valence-electron chi connectivity index (χ3n) is 2.91. The minimum atomic E-state index is -0.208. The first kappa shape index (κ1) is 11.9. The van der Waals surface area contributed by atoms with Crippen molar-refractivity contribution in [2.75, 3.05) is 13.1 Å². The second-order valence-corrected chi connectivity index (χ2v) is 3.56. The summed E-state index contributed by atoms with van der Waals surface area (Å²) in [5, 5.41) is 9.40. The van der Waals surface area contributed by atoms with Gasteiger partial charge < -0.3 is 10.0 Å². The van der Waals surface area contributed by atoms with E-state index in [0.717, 1.165) is 13.1 Å². The van der Waals surface area contributed by atoms with Crippen LogP contribution >= 0.6 is 0 Å². The van der Waals surface area contributed by atoms with E-state index in [-0.39, 0.29) is 6.10 Å². The molecule has 0 bridgehead atoms. The lowest BCUT2D eigenvalue weighted by molar-refractivity contribution is 0.0683. The van der Waals surface area contributed by atoms with Crippen molar-refractivity contribution in [2.45, 2.75) is 46.8 Å². The minimum absolute atomic E-state index is 0.208. The van der Waals surface area contributed by atoms with Gasteiger partial charge in [0.2, 0.25) is 0 Å². The van der Waals surface area contributed by atoms with Crippen LogP contribution in [0.2, 0.25) is 0 Å². The van der Waals surface area contributed by atoms with Crippen LogP contribution in [0.25, 0.3) is 0 Å². The first-order valence-corrected chi connectivity index (χ1v) is 4.96. The Bertz CT molecular complexity index is 108. The summed E-state index contributed by atoms with van der Waals surface area (Å²) in [5.74, 6) is 0.352. The van der Waals surface area contributed by atoms with Crippen LogP contribution in [0.15, 0.2) is 0 Å². The van der Waals surface area contributed by atoms with E-state index in [1.54, 1.807) is 0 Å². The highest BCUT2D eigenvalue weighted by atomic mass is 16.3. The number of aliphatic hydroxyl groups is 1.